The molecule has 0 heterocycles. The molecule has 0 radical (unpaired) electrons. The van der Waals surface area contributed by atoms with Crippen LogP contribution < -0.4 is 10.6 Å². The van der Waals surface area contributed by atoms with Gasteiger partial charge in [-0.15, -0.1) is 0 Å². The summed E-state index contributed by atoms with van der Waals surface area (Å²) in [6, 6.07) is 9.83. The largest absolute Gasteiger partial charge is 0.396 e. The van der Waals surface area contributed by atoms with Crippen LogP contribution in [-0.2, 0) is 14.3 Å². The molecule has 1 aromatic rings. The Morgan fingerprint density at radius 3 is 2.32 bits per heavy atom. The van der Waals surface area contributed by atoms with E-state index >= 15 is 0 Å². The van der Waals surface area contributed by atoms with Crippen LogP contribution in [0, 0.1) is 0 Å². The Labute approximate surface area is 130 Å². The Bertz CT molecular complexity index is 451. The number of benzene rings is 1. The molecule has 6 nitrogen and oxygen atoms in total. The predicted molar refractivity (Wildman–Crippen MR) is 83.4 cm³/mol. The second-order valence-corrected chi connectivity index (χ2v) is 4.91. The molecule has 2 amide bonds. The summed E-state index contributed by atoms with van der Waals surface area (Å²) in [6.45, 7) is 1.15. The maximum Gasteiger partial charge on any atom is 0.309 e. The van der Waals surface area contributed by atoms with Gasteiger partial charge >= 0.3 is 11.8 Å². The third-order valence-electron chi connectivity index (χ3n) is 3.32. The Morgan fingerprint density at radius 1 is 1.09 bits per heavy atom. The number of aliphatic hydroxyl groups excluding tert-OH is 1. The van der Waals surface area contributed by atoms with Gasteiger partial charge in [0.1, 0.15) is 0 Å². The van der Waals surface area contributed by atoms with Gasteiger partial charge in [0.25, 0.3) is 0 Å². The van der Waals surface area contributed by atoms with Crippen LogP contribution in [0.2, 0.25) is 0 Å². The van der Waals surface area contributed by atoms with Gasteiger partial charge in [0.15, 0.2) is 0 Å². The number of ether oxygens (including phenoxy) is 1. The lowest BCUT2D eigenvalue weighted by Crippen LogP contribution is -2.41. The highest BCUT2D eigenvalue weighted by Crippen LogP contribution is 2.22. The minimum atomic E-state index is -0.657. The fraction of sp³-hybridized carbons (Fsp3) is 0.500. The van der Waals surface area contributed by atoms with Crippen molar-refractivity contribution in [1.82, 2.24) is 10.6 Å². The van der Waals surface area contributed by atoms with E-state index in [0.29, 0.717) is 32.5 Å². The molecule has 0 aliphatic heterocycles. The highest BCUT2D eigenvalue weighted by atomic mass is 16.5. The van der Waals surface area contributed by atoms with Crippen molar-refractivity contribution in [1.29, 1.82) is 0 Å². The van der Waals surface area contributed by atoms with Crippen molar-refractivity contribution >= 4 is 11.8 Å². The van der Waals surface area contributed by atoms with Crippen molar-refractivity contribution in [2.75, 3.05) is 33.4 Å². The van der Waals surface area contributed by atoms with Gasteiger partial charge in [-0.05, 0) is 24.3 Å². The number of methoxy groups -OCH3 is 1. The first-order chi connectivity index (χ1) is 10.7. The molecule has 0 aromatic heterocycles. The number of aliphatic hydroxyl groups is 1. The number of carbonyl (C=O) groups is 2. The van der Waals surface area contributed by atoms with Gasteiger partial charge in [-0.3, -0.25) is 9.59 Å². The second-order valence-electron chi connectivity index (χ2n) is 4.91. The third-order valence-corrected chi connectivity index (χ3v) is 3.32. The molecule has 1 aromatic carbocycles. The fourth-order valence-corrected chi connectivity index (χ4v) is 2.15. The Morgan fingerprint density at radius 2 is 1.73 bits per heavy atom. The summed E-state index contributed by atoms with van der Waals surface area (Å²) in [5, 5.41) is 14.2. The molecular weight excluding hydrogens is 284 g/mol. The third kappa shape index (κ3) is 6.69. The standard InChI is InChI=1S/C16H24N2O4/c1-22-12-10-18-16(21)15(20)17-9-7-14(8-11-19)13-5-3-2-4-6-13/h2-6,14,19H,7-12H2,1H3,(H,17,20)(H,18,21). The highest BCUT2D eigenvalue weighted by molar-refractivity contribution is 6.35. The van der Waals surface area contributed by atoms with Crippen LogP contribution in [0.4, 0.5) is 0 Å². The highest BCUT2D eigenvalue weighted by Gasteiger charge is 2.14. The molecule has 0 aliphatic rings. The molecule has 0 spiro atoms. The van der Waals surface area contributed by atoms with E-state index in [0.717, 1.165) is 5.56 Å². The van der Waals surface area contributed by atoms with Gasteiger partial charge < -0.3 is 20.5 Å². The van der Waals surface area contributed by atoms with E-state index in [1.54, 1.807) is 0 Å². The van der Waals surface area contributed by atoms with E-state index in [4.69, 9.17) is 9.84 Å². The van der Waals surface area contributed by atoms with E-state index in [-0.39, 0.29) is 12.5 Å². The Kier molecular flexibility index (Phi) is 8.86. The summed E-state index contributed by atoms with van der Waals surface area (Å²) in [4.78, 5) is 23.1. The molecule has 6 heteroatoms. The molecule has 0 bridgehead atoms. The SMILES string of the molecule is COCCNC(=O)C(=O)NCCC(CCO)c1ccccc1. The van der Waals surface area contributed by atoms with Crippen LogP contribution >= 0.6 is 0 Å². The average molecular weight is 308 g/mol. The molecule has 0 aliphatic carbocycles. The minimum absolute atomic E-state index is 0.0883. The summed E-state index contributed by atoms with van der Waals surface area (Å²) in [7, 11) is 1.52. The summed E-state index contributed by atoms with van der Waals surface area (Å²) in [6.07, 6.45) is 1.29. The second kappa shape index (κ2) is 10.8. The number of amides is 2. The Hall–Kier alpha value is -1.92. The van der Waals surface area contributed by atoms with E-state index in [1.165, 1.54) is 7.11 Å². The number of rotatable bonds is 9. The van der Waals surface area contributed by atoms with Crippen molar-refractivity contribution in [3.8, 4) is 0 Å². The number of carbonyl (C=O) groups excluding carboxylic acids is 2. The van der Waals surface area contributed by atoms with Crippen LogP contribution in [0.3, 0.4) is 0 Å². The van der Waals surface area contributed by atoms with Crippen LogP contribution in [0.5, 0.6) is 0 Å². The number of nitrogens with one attached hydrogen (secondary N) is 2. The molecule has 122 valence electrons. The van der Waals surface area contributed by atoms with Crippen molar-refractivity contribution in [3.05, 3.63) is 35.9 Å². The van der Waals surface area contributed by atoms with Crippen molar-refractivity contribution < 1.29 is 19.4 Å². The summed E-state index contributed by atoms with van der Waals surface area (Å²) in [5.41, 5.74) is 1.12. The van der Waals surface area contributed by atoms with Gasteiger partial charge in [-0.1, -0.05) is 30.3 Å². The van der Waals surface area contributed by atoms with Crippen molar-refractivity contribution in [3.63, 3.8) is 0 Å². The zero-order chi connectivity index (χ0) is 16.2. The molecule has 1 rings (SSSR count). The van der Waals surface area contributed by atoms with Crippen molar-refractivity contribution in [2.24, 2.45) is 0 Å². The smallest absolute Gasteiger partial charge is 0.309 e. The van der Waals surface area contributed by atoms with Crippen LogP contribution in [0.25, 0.3) is 0 Å². The zero-order valence-corrected chi connectivity index (χ0v) is 12.9. The predicted octanol–water partition coefficient (Wildman–Crippen LogP) is 0.422. The minimum Gasteiger partial charge on any atom is -0.396 e. The summed E-state index contributed by atoms with van der Waals surface area (Å²) in [5.74, 6) is -1.15. The zero-order valence-electron chi connectivity index (χ0n) is 12.9. The molecule has 0 fully saturated rings. The van der Waals surface area contributed by atoms with Crippen molar-refractivity contribution in [2.45, 2.75) is 18.8 Å². The summed E-state index contributed by atoms with van der Waals surface area (Å²) < 4.78 is 4.79. The first-order valence-electron chi connectivity index (χ1n) is 7.39. The van der Waals surface area contributed by atoms with E-state index in [2.05, 4.69) is 10.6 Å². The normalized spacial score (nSPS) is 11.7. The molecule has 3 N–H and O–H groups in total. The summed E-state index contributed by atoms with van der Waals surface area (Å²) >= 11 is 0. The van der Waals surface area contributed by atoms with Crippen LogP contribution in [-0.4, -0.2) is 50.3 Å². The average Bonchev–Trinajstić information content (AvgIpc) is 2.54. The first kappa shape index (κ1) is 18.1. The van der Waals surface area contributed by atoms with E-state index < -0.39 is 11.8 Å². The topological polar surface area (TPSA) is 87.7 Å². The van der Waals surface area contributed by atoms with Crippen LogP contribution in [0.1, 0.15) is 24.3 Å². The molecule has 0 saturated heterocycles. The molecule has 22 heavy (non-hydrogen) atoms. The lowest BCUT2D eigenvalue weighted by molar-refractivity contribution is -0.139. The van der Waals surface area contributed by atoms with Gasteiger partial charge in [0, 0.05) is 26.8 Å². The van der Waals surface area contributed by atoms with Crippen LogP contribution in [0.15, 0.2) is 30.3 Å². The first-order valence-corrected chi connectivity index (χ1v) is 7.39. The van der Waals surface area contributed by atoms with E-state index in [9.17, 15) is 9.59 Å². The number of hydrogen-bond acceptors (Lipinski definition) is 4. The number of hydrogen-bond donors (Lipinski definition) is 3. The van der Waals surface area contributed by atoms with E-state index in [1.807, 2.05) is 30.3 Å². The fourth-order valence-electron chi connectivity index (χ4n) is 2.15. The maximum atomic E-state index is 11.6. The molecule has 0 saturated carbocycles. The molecule has 1 atom stereocenters. The van der Waals surface area contributed by atoms with Gasteiger partial charge in [0.2, 0.25) is 0 Å². The molecule has 1 unspecified atom stereocenters. The molecular formula is C16H24N2O4. The monoisotopic (exact) mass is 308 g/mol. The quantitative estimate of drug-likeness (QED) is 0.456. The lowest BCUT2D eigenvalue weighted by atomic mass is 9.93. The maximum absolute atomic E-state index is 11.6. The van der Waals surface area contributed by atoms with Gasteiger partial charge in [-0.25, -0.2) is 0 Å². The van der Waals surface area contributed by atoms with Gasteiger partial charge in [0.05, 0.1) is 6.61 Å². The Balaban J connectivity index is 2.36. The lowest BCUT2D eigenvalue weighted by Gasteiger charge is -2.16. The van der Waals surface area contributed by atoms with Gasteiger partial charge in [-0.2, -0.15) is 0 Å².